The monoisotopic (exact) mass is 337 g/mol. The normalized spacial score (nSPS) is 18.9. The Labute approximate surface area is 139 Å². The molecule has 1 aromatic carbocycles. The number of hydrogen-bond donors (Lipinski definition) is 0. The fraction of sp³-hybridized carbons (Fsp3) is 0.471. The molecule has 1 aromatic heterocycles. The average molecular weight is 337 g/mol. The number of ether oxygens (including phenoxy) is 2. The highest BCUT2D eigenvalue weighted by Crippen LogP contribution is 2.26. The highest BCUT2D eigenvalue weighted by atomic mass is 19.3. The van der Waals surface area contributed by atoms with Crippen LogP contribution in [0.15, 0.2) is 36.5 Å². The van der Waals surface area contributed by atoms with Crippen LogP contribution in [0, 0.1) is 0 Å². The topological polar surface area (TPSA) is 39.5 Å². The molecular formula is C17H21F2N3O2. The Hall–Kier alpha value is -1.99. The fourth-order valence-corrected chi connectivity index (χ4v) is 2.92. The average Bonchev–Trinajstić information content (AvgIpc) is 2.98. The van der Waals surface area contributed by atoms with Crippen molar-refractivity contribution < 1.29 is 18.3 Å². The lowest BCUT2D eigenvalue weighted by atomic mass is 10.1. The quantitative estimate of drug-likeness (QED) is 0.812. The van der Waals surface area contributed by atoms with Gasteiger partial charge in [-0.3, -0.25) is 9.58 Å². The molecule has 1 saturated heterocycles. The maximum absolute atomic E-state index is 12.4. The van der Waals surface area contributed by atoms with Crippen LogP contribution in [0.3, 0.4) is 0 Å². The van der Waals surface area contributed by atoms with E-state index < -0.39 is 6.61 Å². The van der Waals surface area contributed by atoms with Gasteiger partial charge in [-0.05, 0) is 23.8 Å². The molecule has 0 saturated carbocycles. The Kier molecular flexibility index (Phi) is 5.42. The highest BCUT2D eigenvalue weighted by molar-refractivity contribution is 5.30. The van der Waals surface area contributed by atoms with Crippen molar-refractivity contribution in [1.82, 2.24) is 14.7 Å². The molecule has 24 heavy (non-hydrogen) atoms. The predicted octanol–water partition coefficient (Wildman–Crippen LogP) is 2.64. The van der Waals surface area contributed by atoms with Gasteiger partial charge in [-0.1, -0.05) is 12.1 Å². The lowest BCUT2D eigenvalue weighted by Crippen LogP contribution is -2.39. The summed E-state index contributed by atoms with van der Waals surface area (Å²) in [7, 11) is 1.94. The van der Waals surface area contributed by atoms with E-state index in [9.17, 15) is 8.78 Å². The predicted molar refractivity (Wildman–Crippen MR) is 85.1 cm³/mol. The summed E-state index contributed by atoms with van der Waals surface area (Å²) in [5, 5.41) is 4.17. The van der Waals surface area contributed by atoms with Gasteiger partial charge in [-0.25, -0.2) is 0 Å². The summed E-state index contributed by atoms with van der Waals surface area (Å²) in [6, 6.07) is 8.77. The Morgan fingerprint density at radius 2 is 2.25 bits per heavy atom. The molecule has 3 rings (SSSR count). The van der Waals surface area contributed by atoms with Gasteiger partial charge in [0.1, 0.15) is 5.75 Å². The molecule has 0 amide bonds. The summed E-state index contributed by atoms with van der Waals surface area (Å²) in [6.45, 7) is 0.308. The summed E-state index contributed by atoms with van der Waals surface area (Å²) in [5.74, 6) is 0.165. The number of benzene rings is 1. The van der Waals surface area contributed by atoms with Gasteiger partial charge in [0.15, 0.2) is 0 Å². The van der Waals surface area contributed by atoms with Crippen molar-refractivity contribution in [1.29, 1.82) is 0 Å². The number of alkyl halides is 2. The van der Waals surface area contributed by atoms with E-state index in [4.69, 9.17) is 4.74 Å². The second-order valence-corrected chi connectivity index (χ2v) is 5.81. The lowest BCUT2D eigenvalue weighted by Gasteiger charge is -2.33. The van der Waals surface area contributed by atoms with Crippen molar-refractivity contribution >= 4 is 0 Å². The fourth-order valence-electron chi connectivity index (χ4n) is 2.92. The number of nitrogens with zero attached hydrogens (tertiary/aromatic N) is 3. The zero-order valence-electron chi connectivity index (χ0n) is 13.6. The van der Waals surface area contributed by atoms with Crippen LogP contribution in [0.2, 0.25) is 0 Å². The maximum Gasteiger partial charge on any atom is 0.387 e. The van der Waals surface area contributed by atoms with Crippen molar-refractivity contribution in [2.75, 3.05) is 26.2 Å². The van der Waals surface area contributed by atoms with Crippen molar-refractivity contribution in [3.63, 3.8) is 0 Å². The number of aromatic nitrogens is 2. The molecule has 1 fully saturated rings. The van der Waals surface area contributed by atoms with E-state index in [1.165, 1.54) is 11.8 Å². The number of morpholine rings is 1. The second-order valence-electron chi connectivity index (χ2n) is 5.81. The van der Waals surface area contributed by atoms with Crippen LogP contribution < -0.4 is 4.74 Å². The Bertz CT molecular complexity index is 663. The highest BCUT2D eigenvalue weighted by Gasteiger charge is 2.22. The maximum atomic E-state index is 12.4. The third-order valence-corrected chi connectivity index (χ3v) is 4.21. The number of hydrogen-bond acceptors (Lipinski definition) is 4. The summed E-state index contributed by atoms with van der Waals surface area (Å²) in [5.41, 5.74) is 2.05. The third-order valence-electron chi connectivity index (χ3n) is 4.21. The first-order chi connectivity index (χ1) is 11.6. The minimum absolute atomic E-state index is 0.133. The van der Waals surface area contributed by atoms with E-state index in [0.29, 0.717) is 6.61 Å². The van der Waals surface area contributed by atoms with Crippen LogP contribution in [0.25, 0.3) is 0 Å². The minimum Gasteiger partial charge on any atom is -0.435 e. The van der Waals surface area contributed by atoms with Crippen molar-refractivity contribution in [3.8, 4) is 5.75 Å². The first-order valence-corrected chi connectivity index (χ1v) is 7.97. The number of halogens is 2. The Morgan fingerprint density at radius 3 is 3.00 bits per heavy atom. The second kappa shape index (κ2) is 7.72. The summed E-state index contributed by atoms with van der Waals surface area (Å²) in [6.07, 6.45) is 2.58. The Morgan fingerprint density at radius 1 is 1.38 bits per heavy atom. The molecular weight excluding hydrogens is 316 g/mol. The van der Waals surface area contributed by atoms with Crippen LogP contribution in [0.4, 0.5) is 8.78 Å². The number of rotatable bonds is 6. The molecule has 0 N–H and O–H groups in total. The van der Waals surface area contributed by atoms with E-state index in [1.54, 1.807) is 18.3 Å². The standard InChI is InChI=1S/C17H21F2N3O2/c1-21-14(5-7-20-21)6-8-22-9-10-23-16(12-22)13-3-2-4-15(11-13)24-17(18)19/h2-5,7,11,16-17H,6,8-10,12H2,1H3/t16-/m1/s1. The van der Waals surface area contributed by atoms with Gasteiger partial charge in [0, 0.05) is 45.0 Å². The molecule has 0 bridgehead atoms. The zero-order chi connectivity index (χ0) is 16.9. The molecule has 0 unspecified atom stereocenters. The molecule has 1 aliphatic heterocycles. The molecule has 7 heteroatoms. The summed E-state index contributed by atoms with van der Waals surface area (Å²) >= 11 is 0. The largest absolute Gasteiger partial charge is 0.435 e. The molecule has 1 aliphatic rings. The van der Waals surface area contributed by atoms with E-state index >= 15 is 0 Å². The van der Waals surface area contributed by atoms with Crippen molar-refractivity contribution in [2.24, 2.45) is 7.05 Å². The third kappa shape index (κ3) is 4.30. The first-order valence-electron chi connectivity index (χ1n) is 7.97. The smallest absolute Gasteiger partial charge is 0.387 e. The summed E-state index contributed by atoms with van der Waals surface area (Å²) < 4.78 is 36.9. The Balaban J connectivity index is 1.60. The van der Waals surface area contributed by atoms with E-state index in [2.05, 4.69) is 14.7 Å². The van der Waals surface area contributed by atoms with Crippen LogP contribution >= 0.6 is 0 Å². The SMILES string of the molecule is Cn1nccc1CCN1CCO[C@@H](c2cccc(OC(F)F)c2)C1. The molecule has 130 valence electrons. The van der Waals surface area contributed by atoms with E-state index in [0.717, 1.165) is 31.6 Å². The lowest BCUT2D eigenvalue weighted by molar-refractivity contribution is -0.0507. The van der Waals surface area contributed by atoms with Crippen LogP contribution in [-0.2, 0) is 18.2 Å². The molecule has 1 atom stereocenters. The van der Waals surface area contributed by atoms with Gasteiger partial charge in [0.2, 0.25) is 0 Å². The van der Waals surface area contributed by atoms with E-state index in [-0.39, 0.29) is 11.9 Å². The molecule has 2 heterocycles. The zero-order valence-corrected chi connectivity index (χ0v) is 13.6. The molecule has 5 nitrogen and oxygen atoms in total. The molecule has 0 aliphatic carbocycles. The molecule has 2 aromatic rings. The number of aryl methyl sites for hydroxylation is 1. The first kappa shape index (κ1) is 16.9. The van der Waals surface area contributed by atoms with Gasteiger partial charge in [0.25, 0.3) is 0 Å². The van der Waals surface area contributed by atoms with Crippen molar-refractivity contribution in [2.45, 2.75) is 19.1 Å². The van der Waals surface area contributed by atoms with Gasteiger partial charge < -0.3 is 9.47 Å². The van der Waals surface area contributed by atoms with Gasteiger partial charge in [0.05, 0.1) is 12.7 Å². The van der Waals surface area contributed by atoms with Crippen LogP contribution in [-0.4, -0.2) is 47.5 Å². The summed E-state index contributed by atoms with van der Waals surface area (Å²) in [4.78, 5) is 2.32. The minimum atomic E-state index is -2.82. The van der Waals surface area contributed by atoms with Crippen molar-refractivity contribution in [3.05, 3.63) is 47.8 Å². The molecule has 0 radical (unpaired) electrons. The van der Waals surface area contributed by atoms with Gasteiger partial charge in [-0.15, -0.1) is 0 Å². The van der Waals surface area contributed by atoms with Crippen LogP contribution in [0.1, 0.15) is 17.4 Å². The van der Waals surface area contributed by atoms with Gasteiger partial charge >= 0.3 is 6.61 Å². The van der Waals surface area contributed by atoms with Gasteiger partial charge in [-0.2, -0.15) is 13.9 Å². The van der Waals surface area contributed by atoms with E-state index in [1.807, 2.05) is 23.9 Å². The van der Waals surface area contributed by atoms with Crippen LogP contribution in [0.5, 0.6) is 5.75 Å². The molecule has 0 spiro atoms.